The summed E-state index contributed by atoms with van der Waals surface area (Å²) in [5, 5.41) is 9.55. The van der Waals surface area contributed by atoms with Crippen LogP contribution in [-0.2, 0) is 0 Å². The van der Waals surface area contributed by atoms with Crippen molar-refractivity contribution in [3.05, 3.63) is 29.3 Å². The van der Waals surface area contributed by atoms with Crippen LogP contribution in [0.1, 0.15) is 48.6 Å². The molecule has 1 aromatic rings. The molecule has 0 atom stereocenters. The summed E-state index contributed by atoms with van der Waals surface area (Å²) < 4.78 is 0. The summed E-state index contributed by atoms with van der Waals surface area (Å²) in [5.74, 6) is 1.97. The smallest absolute Gasteiger partial charge is 0.116 e. The van der Waals surface area contributed by atoms with Gasteiger partial charge in [-0.15, -0.1) is 0 Å². The van der Waals surface area contributed by atoms with E-state index in [1.807, 2.05) is 12.1 Å². The van der Waals surface area contributed by atoms with Crippen LogP contribution in [0.4, 0.5) is 0 Å². The molecule has 1 N–H and O–H groups in total. The molecule has 1 aromatic carbocycles. The van der Waals surface area contributed by atoms with Crippen molar-refractivity contribution in [3.63, 3.8) is 0 Å². The standard InChI is InChI=1S/C12H14O/c13-12-6-10(8-1-2-8)5-11(7-12)9-3-4-9/h5-9,13H,1-4H2. The summed E-state index contributed by atoms with van der Waals surface area (Å²) >= 11 is 0. The van der Waals surface area contributed by atoms with Crippen LogP contribution in [0.15, 0.2) is 18.2 Å². The van der Waals surface area contributed by atoms with Crippen molar-refractivity contribution in [2.75, 3.05) is 0 Å². The molecular formula is C12H14O. The van der Waals surface area contributed by atoms with E-state index in [9.17, 15) is 5.11 Å². The van der Waals surface area contributed by atoms with E-state index >= 15 is 0 Å². The summed E-state index contributed by atoms with van der Waals surface area (Å²) in [6.45, 7) is 0. The number of hydrogen-bond acceptors (Lipinski definition) is 1. The monoisotopic (exact) mass is 174 g/mol. The van der Waals surface area contributed by atoms with Crippen molar-refractivity contribution < 1.29 is 5.11 Å². The molecule has 0 heterocycles. The van der Waals surface area contributed by atoms with E-state index in [1.165, 1.54) is 36.8 Å². The van der Waals surface area contributed by atoms with E-state index in [2.05, 4.69) is 6.07 Å². The zero-order valence-corrected chi connectivity index (χ0v) is 7.66. The van der Waals surface area contributed by atoms with Gasteiger partial charge in [-0.05, 0) is 60.8 Å². The van der Waals surface area contributed by atoms with Gasteiger partial charge in [0.25, 0.3) is 0 Å². The Morgan fingerprint density at radius 2 is 1.31 bits per heavy atom. The molecule has 0 aliphatic heterocycles. The lowest BCUT2D eigenvalue weighted by Gasteiger charge is -2.04. The predicted molar refractivity (Wildman–Crippen MR) is 52.1 cm³/mol. The molecule has 2 saturated carbocycles. The van der Waals surface area contributed by atoms with Crippen LogP contribution >= 0.6 is 0 Å². The van der Waals surface area contributed by atoms with Crippen LogP contribution < -0.4 is 0 Å². The highest BCUT2D eigenvalue weighted by Crippen LogP contribution is 2.46. The van der Waals surface area contributed by atoms with E-state index in [0.29, 0.717) is 5.75 Å². The maximum Gasteiger partial charge on any atom is 0.116 e. The number of benzene rings is 1. The normalized spacial score (nSPS) is 21.8. The minimum absolute atomic E-state index is 0.464. The van der Waals surface area contributed by atoms with Gasteiger partial charge in [0.05, 0.1) is 0 Å². The maximum absolute atomic E-state index is 9.55. The molecule has 2 aliphatic rings. The Bertz CT molecular complexity index is 305. The number of phenolic OH excluding ortho intramolecular Hbond substituents is 1. The first-order valence-corrected chi connectivity index (χ1v) is 5.17. The number of hydrogen-bond donors (Lipinski definition) is 1. The second kappa shape index (κ2) is 2.50. The van der Waals surface area contributed by atoms with Gasteiger partial charge in [0.15, 0.2) is 0 Å². The molecule has 0 bridgehead atoms. The molecule has 0 aromatic heterocycles. The molecule has 0 saturated heterocycles. The average molecular weight is 174 g/mol. The molecule has 0 amide bonds. The second-order valence-electron chi connectivity index (χ2n) is 4.41. The van der Waals surface area contributed by atoms with Gasteiger partial charge in [-0.3, -0.25) is 0 Å². The molecule has 0 radical (unpaired) electrons. The Kier molecular flexibility index (Phi) is 1.43. The molecule has 1 heteroatoms. The largest absolute Gasteiger partial charge is 0.508 e. The van der Waals surface area contributed by atoms with Gasteiger partial charge in [-0.2, -0.15) is 0 Å². The quantitative estimate of drug-likeness (QED) is 0.730. The molecular weight excluding hydrogens is 160 g/mol. The first-order chi connectivity index (χ1) is 6.33. The van der Waals surface area contributed by atoms with E-state index in [0.717, 1.165) is 11.8 Å². The summed E-state index contributed by atoms with van der Waals surface area (Å²) in [5.41, 5.74) is 2.73. The van der Waals surface area contributed by atoms with Gasteiger partial charge in [-0.25, -0.2) is 0 Å². The molecule has 0 unspecified atom stereocenters. The number of phenols is 1. The lowest BCUT2D eigenvalue weighted by atomic mass is 10.0. The van der Waals surface area contributed by atoms with Crippen molar-refractivity contribution in [2.45, 2.75) is 37.5 Å². The third-order valence-corrected chi connectivity index (χ3v) is 3.06. The van der Waals surface area contributed by atoms with Crippen LogP contribution in [-0.4, -0.2) is 5.11 Å². The van der Waals surface area contributed by atoms with Crippen LogP contribution in [0, 0.1) is 0 Å². The van der Waals surface area contributed by atoms with Crippen LogP contribution in [0.2, 0.25) is 0 Å². The minimum atomic E-state index is 0.464. The Balaban J connectivity index is 1.99. The summed E-state index contributed by atoms with van der Waals surface area (Å²) in [4.78, 5) is 0. The maximum atomic E-state index is 9.55. The molecule has 2 fully saturated rings. The first-order valence-electron chi connectivity index (χ1n) is 5.17. The highest BCUT2D eigenvalue weighted by molar-refractivity contribution is 5.39. The molecule has 13 heavy (non-hydrogen) atoms. The van der Waals surface area contributed by atoms with Gasteiger partial charge in [-0.1, -0.05) is 6.07 Å². The van der Waals surface area contributed by atoms with E-state index in [1.54, 1.807) is 0 Å². The Hall–Kier alpha value is -0.980. The van der Waals surface area contributed by atoms with Crippen LogP contribution in [0.3, 0.4) is 0 Å². The van der Waals surface area contributed by atoms with Crippen LogP contribution in [0.5, 0.6) is 5.75 Å². The molecule has 68 valence electrons. The Morgan fingerprint density at radius 3 is 1.69 bits per heavy atom. The summed E-state index contributed by atoms with van der Waals surface area (Å²) in [6.07, 6.45) is 5.25. The lowest BCUT2D eigenvalue weighted by molar-refractivity contribution is 0.473. The van der Waals surface area contributed by atoms with Gasteiger partial charge in [0.1, 0.15) is 5.75 Å². The van der Waals surface area contributed by atoms with E-state index < -0.39 is 0 Å². The zero-order chi connectivity index (χ0) is 8.84. The predicted octanol–water partition coefficient (Wildman–Crippen LogP) is 3.15. The summed E-state index contributed by atoms with van der Waals surface area (Å²) in [6, 6.07) is 6.17. The van der Waals surface area contributed by atoms with Crippen molar-refractivity contribution >= 4 is 0 Å². The minimum Gasteiger partial charge on any atom is -0.508 e. The van der Waals surface area contributed by atoms with Gasteiger partial charge in [0.2, 0.25) is 0 Å². The third kappa shape index (κ3) is 1.43. The Morgan fingerprint density at radius 1 is 0.846 bits per heavy atom. The van der Waals surface area contributed by atoms with Crippen molar-refractivity contribution in [3.8, 4) is 5.75 Å². The van der Waals surface area contributed by atoms with Gasteiger partial charge in [0, 0.05) is 0 Å². The first kappa shape index (κ1) is 7.43. The molecule has 0 spiro atoms. The van der Waals surface area contributed by atoms with Gasteiger partial charge < -0.3 is 5.11 Å². The fourth-order valence-corrected chi connectivity index (χ4v) is 1.96. The van der Waals surface area contributed by atoms with E-state index in [4.69, 9.17) is 0 Å². The molecule has 2 aliphatic carbocycles. The SMILES string of the molecule is Oc1cc(C2CC2)cc(C2CC2)c1. The lowest BCUT2D eigenvalue weighted by Crippen LogP contribution is -1.84. The van der Waals surface area contributed by atoms with Crippen molar-refractivity contribution in [2.24, 2.45) is 0 Å². The van der Waals surface area contributed by atoms with E-state index in [-0.39, 0.29) is 0 Å². The second-order valence-corrected chi connectivity index (χ2v) is 4.41. The highest BCUT2D eigenvalue weighted by Gasteiger charge is 2.28. The average Bonchev–Trinajstić information content (AvgIpc) is 2.98. The fraction of sp³-hybridized carbons (Fsp3) is 0.500. The van der Waals surface area contributed by atoms with Crippen molar-refractivity contribution in [1.82, 2.24) is 0 Å². The highest BCUT2D eigenvalue weighted by atomic mass is 16.3. The van der Waals surface area contributed by atoms with Crippen molar-refractivity contribution in [1.29, 1.82) is 0 Å². The fourth-order valence-electron chi connectivity index (χ4n) is 1.96. The summed E-state index contributed by atoms with van der Waals surface area (Å²) in [7, 11) is 0. The van der Waals surface area contributed by atoms with Gasteiger partial charge >= 0.3 is 0 Å². The number of rotatable bonds is 2. The third-order valence-electron chi connectivity index (χ3n) is 3.06. The molecule has 1 nitrogen and oxygen atoms in total. The van der Waals surface area contributed by atoms with Crippen LogP contribution in [0.25, 0.3) is 0 Å². The zero-order valence-electron chi connectivity index (χ0n) is 7.66. The number of aromatic hydroxyl groups is 1. The topological polar surface area (TPSA) is 20.2 Å². The molecule has 3 rings (SSSR count). The Labute approximate surface area is 78.4 Å².